The molecule has 14 nitrogen and oxygen atoms in total. The topological polar surface area (TPSA) is 236 Å². The number of carboxylic acid groups (broad SMARTS) is 1. The Labute approximate surface area is 171 Å². The lowest BCUT2D eigenvalue weighted by Gasteiger charge is -2.18. The van der Waals surface area contributed by atoms with Crippen LogP contribution in [0, 0.1) is 0 Å². The molecule has 15 heteroatoms. The molecule has 0 unspecified atom stereocenters. The number of nitrogens with zero attached hydrogens (tertiary/aromatic N) is 3. The SMILES string of the molecule is Nc1ccn([C@@H]2O[C@H](COP(=O)(O)O)[C@@H](O)[C@H]2O)c(=NCCCC[C@H](N)C(=O)O)n1. The summed E-state index contributed by atoms with van der Waals surface area (Å²) in [5.74, 6) is -0.933. The van der Waals surface area contributed by atoms with Crippen LogP contribution in [-0.4, -0.2) is 78.1 Å². The first kappa shape index (κ1) is 24.4. The number of aromatic nitrogens is 2. The quantitative estimate of drug-likeness (QED) is 0.147. The number of ether oxygens (including phenoxy) is 1. The van der Waals surface area contributed by atoms with Gasteiger partial charge < -0.3 is 41.3 Å². The van der Waals surface area contributed by atoms with Crippen LogP contribution in [0.2, 0.25) is 0 Å². The van der Waals surface area contributed by atoms with Gasteiger partial charge in [0, 0.05) is 12.7 Å². The maximum atomic E-state index is 10.9. The van der Waals surface area contributed by atoms with Gasteiger partial charge in [0.2, 0.25) is 5.62 Å². The molecule has 5 atom stereocenters. The van der Waals surface area contributed by atoms with E-state index in [0.29, 0.717) is 12.8 Å². The van der Waals surface area contributed by atoms with Gasteiger partial charge in [-0.3, -0.25) is 18.9 Å². The minimum Gasteiger partial charge on any atom is -0.480 e. The van der Waals surface area contributed by atoms with Crippen molar-refractivity contribution in [2.45, 2.75) is 49.8 Å². The average Bonchev–Trinajstić information content (AvgIpc) is 2.93. The van der Waals surface area contributed by atoms with E-state index >= 15 is 0 Å². The number of nitrogens with two attached hydrogens (primary N) is 2. The molecule has 2 heterocycles. The summed E-state index contributed by atoms with van der Waals surface area (Å²) in [6.45, 7) is -0.378. The Morgan fingerprint density at radius 1 is 1.37 bits per heavy atom. The number of phosphoric ester groups is 1. The van der Waals surface area contributed by atoms with Gasteiger partial charge in [-0.1, -0.05) is 0 Å². The lowest BCUT2D eigenvalue weighted by Crippen LogP contribution is -2.36. The molecule has 30 heavy (non-hydrogen) atoms. The average molecular weight is 451 g/mol. The van der Waals surface area contributed by atoms with Crippen LogP contribution in [0.1, 0.15) is 25.5 Å². The molecule has 170 valence electrons. The van der Waals surface area contributed by atoms with Crippen molar-refractivity contribution in [3.8, 4) is 0 Å². The molecule has 1 aromatic rings. The number of aliphatic hydroxyl groups excluding tert-OH is 2. The minimum absolute atomic E-state index is 0.0883. The molecule has 0 radical (unpaired) electrons. The highest BCUT2D eigenvalue weighted by Crippen LogP contribution is 2.38. The molecule has 1 aliphatic rings. The van der Waals surface area contributed by atoms with E-state index in [-0.39, 0.29) is 24.4 Å². The van der Waals surface area contributed by atoms with Crippen molar-refractivity contribution in [3.63, 3.8) is 0 Å². The molecule has 0 spiro atoms. The molecule has 1 saturated heterocycles. The van der Waals surface area contributed by atoms with Gasteiger partial charge in [-0.2, -0.15) is 4.98 Å². The van der Waals surface area contributed by atoms with Crippen LogP contribution < -0.4 is 17.1 Å². The van der Waals surface area contributed by atoms with Crippen molar-refractivity contribution < 1.29 is 43.7 Å². The molecule has 9 N–H and O–H groups in total. The van der Waals surface area contributed by atoms with Gasteiger partial charge >= 0.3 is 13.8 Å². The molecular formula is C15H26N5O9P. The molecule has 1 aliphatic heterocycles. The number of aliphatic hydroxyl groups is 2. The molecular weight excluding hydrogens is 425 g/mol. The Balaban J connectivity index is 2.10. The van der Waals surface area contributed by atoms with Crippen LogP contribution in [0.5, 0.6) is 0 Å². The third-order valence-corrected chi connectivity index (χ3v) is 4.86. The summed E-state index contributed by atoms with van der Waals surface area (Å²) in [5, 5.41) is 29.2. The third-order valence-electron chi connectivity index (χ3n) is 4.38. The summed E-state index contributed by atoms with van der Waals surface area (Å²) in [7, 11) is -4.78. The van der Waals surface area contributed by atoms with Crippen LogP contribution in [-0.2, 0) is 18.6 Å². The molecule has 0 saturated carbocycles. The van der Waals surface area contributed by atoms with Crippen LogP contribution >= 0.6 is 7.82 Å². The number of carboxylic acids is 1. The Kier molecular flexibility index (Phi) is 8.46. The van der Waals surface area contributed by atoms with Crippen molar-refractivity contribution >= 4 is 19.6 Å². The van der Waals surface area contributed by atoms with Gasteiger partial charge in [0.25, 0.3) is 0 Å². The van der Waals surface area contributed by atoms with Crippen molar-refractivity contribution in [3.05, 3.63) is 17.9 Å². The Morgan fingerprint density at radius 3 is 2.70 bits per heavy atom. The van der Waals surface area contributed by atoms with Crippen LogP contribution in [0.15, 0.2) is 17.3 Å². The van der Waals surface area contributed by atoms with Crippen LogP contribution in [0.3, 0.4) is 0 Å². The lowest BCUT2D eigenvalue weighted by atomic mass is 10.1. The lowest BCUT2D eigenvalue weighted by molar-refractivity contribution is -0.138. The van der Waals surface area contributed by atoms with E-state index in [2.05, 4.69) is 14.5 Å². The van der Waals surface area contributed by atoms with Crippen molar-refractivity contribution in [1.29, 1.82) is 0 Å². The van der Waals surface area contributed by atoms with E-state index in [1.807, 2.05) is 0 Å². The van der Waals surface area contributed by atoms with E-state index in [4.69, 9.17) is 31.1 Å². The summed E-state index contributed by atoms with van der Waals surface area (Å²) < 4.78 is 22.0. The number of aliphatic carboxylic acids is 1. The molecule has 1 fully saturated rings. The minimum atomic E-state index is -4.78. The fourth-order valence-electron chi connectivity index (χ4n) is 2.80. The fraction of sp³-hybridized carbons (Fsp3) is 0.667. The normalized spacial score (nSPS) is 26.1. The smallest absolute Gasteiger partial charge is 0.469 e. The Hall–Kier alpha value is -1.90. The monoisotopic (exact) mass is 451 g/mol. The number of rotatable bonds is 10. The summed E-state index contributed by atoms with van der Waals surface area (Å²) in [4.78, 5) is 36.7. The predicted octanol–water partition coefficient (Wildman–Crippen LogP) is -2.32. The highest BCUT2D eigenvalue weighted by Gasteiger charge is 2.44. The van der Waals surface area contributed by atoms with Crippen molar-refractivity contribution in [1.82, 2.24) is 9.55 Å². The Bertz CT molecular complexity index is 844. The van der Waals surface area contributed by atoms with E-state index in [1.165, 1.54) is 16.8 Å². The second-order valence-electron chi connectivity index (χ2n) is 6.71. The van der Waals surface area contributed by atoms with Crippen LogP contribution in [0.25, 0.3) is 0 Å². The van der Waals surface area contributed by atoms with Gasteiger partial charge in [-0.15, -0.1) is 0 Å². The van der Waals surface area contributed by atoms with Gasteiger partial charge in [-0.25, -0.2) is 4.57 Å². The summed E-state index contributed by atoms with van der Waals surface area (Å²) in [6.07, 6.45) is -2.52. The van der Waals surface area contributed by atoms with Crippen molar-refractivity contribution in [2.75, 3.05) is 18.9 Å². The van der Waals surface area contributed by atoms with Gasteiger partial charge in [0.15, 0.2) is 6.23 Å². The predicted molar refractivity (Wildman–Crippen MR) is 100 cm³/mol. The number of anilines is 1. The summed E-state index contributed by atoms with van der Waals surface area (Å²) >= 11 is 0. The summed E-state index contributed by atoms with van der Waals surface area (Å²) in [6, 6.07) is 0.476. The first-order valence-electron chi connectivity index (χ1n) is 9.05. The second-order valence-corrected chi connectivity index (χ2v) is 7.95. The molecule has 0 aromatic carbocycles. The molecule has 2 rings (SSSR count). The van der Waals surface area contributed by atoms with E-state index in [9.17, 15) is 19.6 Å². The number of nitrogen functional groups attached to an aromatic ring is 1. The highest BCUT2D eigenvalue weighted by molar-refractivity contribution is 7.46. The summed E-state index contributed by atoms with van der Waals surface area (Å²) in [5.41, 5.74) is 11.2. The van der Waals surface area contributed by atoms with Crippen LogP contribution in [0.4, 0.5) is 5.82 Å². The first-order chi connectivity index (χ1) is 14.0. The molecule has 0 bridgehead atoms. The number of hydrogen-bond donors (Lipinski definition) is 7. The number of phosphoric acid groups is 1. The second kappa shape index (κ2) is 10.4. The maximum absolute atomic E-state index is 10.9. The maximum Gasteiger partial charge on any atom is 0.469 e. The van der Waals surface area contributed by atoms with Gasteiger partial charge in [0.05, 0.1) is 6.61 Å². The van der Waals surface area contributed by atoms with E-state index in [1.54, 1.807) is 0 Å². The zero-order chi connectivity index (χ0) is 22.5. The number of carbonyl (C=O) groups is 1. The third kappa shape index (κ3) is 6.82. The molecule has 0 amide bonds. The van der Waals surface area contributed by atoms with Gasteiger partial charge in [0.1, 0.15) is 30.2 Å². The number of unbranched alkanes of at least 4 members (excludes halogenated alkanes) is 1. The van der Waals surface area contributed by atoms with Gasteiger partial charge in [-0.05, 0) is 25.3 Å². The molecule has 0 aliphatic carbocycles. The fourth-order valence-corrected chi connectivity index (χ4v) is 3.14. The standard InChI is InChI=1S/C15H26N5O9P/c16-8(14(23)24)3-1-2-5-18-15-19-10(17)4-6-20(15)13-12(22)11(21)9(29-13)7-28-30(25,26)27/h4,6,8-9,11-13,21-22H,1-3,5,7,16H2,(H,23,24)(H2,17,18,19)(H2,25,26,27)/t8-,9+,11+,12+,13+/m0/s1. The Morgan fingerprint density at radius 2 is 2.07 bits per heavy atom. The van der Waals surface area contributed by atoms with Crippen molar-refractivity contribution in [2.24, 2.45) is 10.7 Å². The van der Waals surface area contributed by atoms with E-state index in [0.717, 1.165) is 0 Å². The first-order valence-corrected chi connectivity index (χ1v) is 10.6. The zero-order valence-corrected chi connectivity index (χ0v) is 16.8. The highest BCUT2D eigenvalue weighted by atomic mass is 31.2. The number of hydrogen-bond acceptors (Lipinski definition) is 10. The van der Waals surface area contributed by atoms with E-state index < -0.39 is 51.0 Å². The largest absolute Gasteiger partial charge is 0.480 e. The zero-order valence-electron chi connectivity index (χ0n) is 15.9. The molecule has 1 aromatic heterocycles.